The van der Waals surface area contributed by atoms with Gasteiger partial charge < -0.3 is 0 Å². The minimum Gasteiger partial charge on any atom is -0.281 e. The highest BCUT2D eigenvalue weighted by atomic mass is 32.2. The van der Waals surface area contributed by atoms with Crippen LogP contribution in [0.15, 0.2) is 21.9 Å². The number of sulfone groups is 2. The third-order valence-corrected chi connectivity index (χ3v) is 7.31. The van der Waals surface area contributed by atoms with Gasteiger partial charge in [0, 0.05) is 6.26 Å². The van der Waals surface area contributed by atoms with Crippen LogP contribution < -0.4 is 0 Å². The van der Waals surface area contributed by atoms with Crippen LogP contribution in [0.5, 0.6) is 0 Å². The van der Waals surface area contributed by atoms with Crippen LogP contribution in [0.1, 0.15) is 0 Å². The van der Waals surface area contributed by atoms with Gasteiger partial charge in [-0.1, -0.05) is 0 Å². The Morgan fingerprint density at radius 1 is 0.710 bits per heavy atom. The molecule has 0 saturated heterocycles. The van der Waals surface area contributed by atoms with E-state index in [9.17, 15) is 69.2 Å². The molecule has 0 radical (unpaired) electrons. The minimum absolute atomic E-state index is 0.274. The molecule has 0 amide bonds. The molecule has 0 heterocycles. The van der Waals surface area contributed by atoms with E-state index in [-0.39, 0.29) is 6.26 Å². The van der Waals surface area contributed by atoms with Crippen molar-refractivity contribution in [3.05, 3.63) is 23.8 Å². The lowest BCUT2D eigenvalue weighted by Crippen LogP contribution is -2.66. The molecule has 1 rings (SSSR count). The van der Waals surface area contributed by atoms with E-state index in [1.165, 1.54) is 0 Å². The summed E-state index contributed by atoms with van der Waals surface area (Å²) in [6.45, 7) is 0. The van der Waals surface area contributed by atoms with E-state index in [0.717, 1.165) is 0 Å². The maximum Gasteiger partial charge on any atom is 0.438 e. The maximum absolute atomic E-state index is 13.9. The molecule has 20 heteroatoms. The Bertz CT molecular complexity index is 1200. The molecule has 0 aromatic heterocycles. The fourth-order valence-electron chi connectivity index (χ4n) is 1.83. The number of hydrogen-bond acceptors (Lipinski definition) is 6. The molecule has 0 saturated carbocycles. The highest BCUT2D eigenvalue weighted by molar-refractivity contribution is 7.92. The van der Waals surface area contributed by atoms with Crippen LogP contribution in [-0.2, 0) is 29.8 Å². The van der Waals surface area contributed by atoms with Gasteiger partial charge in [-0.2, -0.15) is 43.5 Å². The van der Waals surface area contributed by atoms with E-state index in [1.807, 2.05) is 0 Å². The van der Waals surface area contributed by atoms with Gasteiger partial charge in [0.25, 0.3) is 9.84 Å². The molecular weight excluding hydrogens is 530 g/mol. The molecule has 0 spiro atoms. The van der Waals surface area contributed by atoms with Crippen molar-refractivity contribution in [2.75, 3.05) is 6.26 Å². The van der Waals surface area contributed by atoms with Gasteiger partial charge in [0.05, 0.1) is 4.90 Å². The smallest absolute Gasteiger partial charge is 0.281 e. The van der Waals surface area contributed by atoms with Crippen LogP contribution in [0, 0.1) is 11.6 Å². The molecule has 1 N–H and O–H groups in total. The SMILES string of the molecule is CS(=O)(=O)c1cc(F)c(S(=O)(=O)C(F)(F)C(F)(F)C(F)(F)C(F)(F)S(=O)(=O)O)c(F)c1. The monoisotopic (exact) mass is 536 g/mol. The quantitative estimate of drug-likeness (QED) is 0.420. The van der Waals surface area contributed by atoms with E-state index >= 15 is 0 Å². The van der Waals surface area contributed by atoms with Crippen LogP contribution in [-0.4, -0.2) is 58.4 Å². The van der Waals surface area contributed by atoms with Crippen LogP contribution in [0.2, 0.25) is 0 Å². The zero-order valence-corrected chi connectivity index (χ0v) is 16.5. The summed E-state index contributed by atoms with van der Waals surface area (Å²) >= 11 is 0. The summed E-state index contributed by atoms with van der Waals surface area (Å²) in [4.78, 5) is -4.53. The minimum atomic E-state index is -7.91. The molecule has 0 aliphatic heterocycles. The first-order chi connectivity index (χ1) is 13.3. The Kier molecular flexibility index (Phi) is 6.33. The van der Waals surface area contributed by atoms with E-state index in [0.29, 0.717) is 0 Å². The van der Waals surface area contributed by atoms with Crippen molar-refractivity contribution < 1.29 is 73.7 Å². The second-order valence-corrected chi connectivity index (χ2v) is 11.1. The van der Waals surface area contributed by atoms with Gasteiger partial charge in [0.1, 0.15) is 16.5 Å². The van der Waals surface area contributed by atoms with E-state index < -0.39 is 85.7 Å². The average Bonchev–Trinajstić information content (AvgIpc) is 2.51. The van der Waals surface area contributed by atoms with Gasteiger partial charge in [-0.05, 0) is 12.1 Å². The van der Waals surface area contributed by atoms with Crippen LogP contribution >= 0.6 is 0 Å². The number of hydrogen-bond donors (Lipinski definition) is 1. The zero-order valence-electron chi connectivity index (χ0n) is 14.1. The van der Waals surface area contributed by atoms with E-state index in [4.69, 9.17) is 4.55 Å². The van der Waals surface area contributed by atoms with Gasteiger partial charge in [-0.15, -0.1) is 0 Å². The lowest BCUT2D eigenvalue weighted by atomic mass is 10.2. The zero-order chi connectivity index (χ0) is 25.2. The van der Waals surface area contributed by atoms with Crippen molar-refractivity contribution in [2.45, 2.75) is 32.1 Å². The second-order valence-electron chi connectivity index (χ2n) is 5.65. The van der Waals surface area contributed by atoms with Crippen molar-refractivity contribution in [1.29, 1.82) is 0 Å². The van der Waals surface area contributed by atoms with Crippen LogP contribution in [0.3, 0.4) is 0 Å². The van der Waals surface area contributed by atoms with Crippen molar-refractivity contribution in [2.24, 2.45) is 0 Å². The first kappa shape index (κ1) is 27.4. The summed E-state index contributed by atoms with van der Waals surface area (Å²) in [6, 6.07) is -0.963. The van der Waals surface area contributed by atoms with Gasteiger partial charge in [0.2, 0.25) is 0 Å². The maximum atomic E-state index is 13.9. The van der Waals surface area contributed by atoms with E-state index in [2.05, 4.69) is 0 Å². The summed E-state index contributed by atoms with van der Waals surface area (Å²) in [5.74, 6) is -21.4. The first-order valence-electron chi connectivity index (χ1n) is 6.70. The molecule has 0 aliphatic carbocycles. The Labute approximate surface area is 166 Å². The largest absolute Gasteiger partial charge is 0.438 e. The Morgan fingerprint density at radius 2 is 1.03 bits per heavy atom. The summed E-state index contributed by atoms with van der Waals surface area (Å²) in [5, 5.41) is -14.9. The molecule has 7 nitrogen and oxygen atoms in total. The fourth-order valence-corrected chi connectivity index (χ4v) is 4.27. The Morgan fingerprint density at radius 3 is 1.32 bits per heavy atom. The summed E-state index contributed by atoms with van der Waals surface area (Å²) in [6.07, 6.45) is 0.274. The number of benzene rings is 1. The molecule has 180 valence electrons. The second kappa shape index (κ2) is 7.17. The van der Waals surface area contributed by atoms with Crippen molar-refractivity contribution in [1.82, 2.24) is 0 Å². The fraction of sp³-hybridized carbons (Fsp3) is 0.455. The number of rotatable bonds is 7. The standard InChI is InChI=1S/C11H6F10O7S3/c1-29(22,23)4-2-5(12)7(6(13)3-4)30(24,25)10(18,19)8(14,15)9(16,17)11(20,21)31(26,27)28/h2-3H,1H3,(H,26,27,28). The third-order valence-electron chi connectivity index (χ3n) is 3.46. The molecule has 0 bridgehead atoms. The lowest BCUT2D eigenvalue weighted by Gasteiger charge is -2.34. The van der Waals surface area contributed by atoms with Crippen LogP contribution in [0.25, 0.3) is 0 Å². The van der Waals surface area contributed by atoms with Gasteiger partial charge in [0.15, 0.2) is 9.84 Å². The first-order valence-corrected chi connectivity index (χ1v) is 11.5. The topological polar surface area (TPSA) is 123 Å². The molecule has 0 aliphatic rings. The molecule has 1 aromatic carbocycles. The lowest BCUT2D eigenvalue weighted by molar-refractivity contribution is -0.326. The molecular formula is C11H6F10O7S3. The van der Waals surface area contributed by atoms with Gasteiger partial charge in [-0.25, -0.2) is 25.6 Å². The predicted molar refractivity (Wildman–Crippen MR) is 78.0 cm³/mol. The van der Waals surface area contributed by atoms with Crippen LogP contribution in [0.4, 0.5) is 43.9 Å². The normalized spacial score (nSPS) is 15.2. The molecule has 0 unspecified atom stereocenters. The Hall–Kier alpha value is -1.67. The van der Waals surface area contributed by atoms with Crippen molar-refractivity contribution in [3.63, 3.8) is 0 Å². The average molecular weight is 536 g/mol. The predicted octanol–water partition coefficient (Wildman–Crippen LogP) is 2.49. The highest BCUT2D eigenvalue weighted by Crippen LogP contribution is 2.56. The molecule has 0 fully saturated rings. The number of halogens is 10. The van der Waals surface area contributed by atoms with Gasteiger partial charge in [-0.3, -0.25) is 4.55 Å². The van der Waals surface area contributed by atoms with Gasteiger partial charge >= 0.3 is 32.5 Å². The summed E-state index contributed by atoms with van der Waals surface area (Å²) in [5.41, 5.74) is 0. The molecule has 1 aromatic rings. The number of alkyl halides is 8. The molecule has 31 heavy (non-hydrogen) atoms. The third kappa shape index (κ3) is 3.86. The van der Waals surface area contributed by atoms with Crippen molar-refractivity contribution in [3.8, 4) is 0 Å². The van der Waals surface area contributed by atoms with E-state index in [1.54, 1.807) is 0 Å². The van der Waals surface area contributed by atoms with Crippen molar-refractivity contribution >= 4 is 29.8 Å². The molecule has 0 atom stereocenters. The summed E-state index contributed by atoms with van der Waals surface area (Å²) < 4.78 is 210. The summed E-state index contributed by atoms with van der Waals surface area (Å²) in [7, 11) is -19.8. The highest BCUT2D eigenvalue weighted by Gasteiger charge is 2.87. The Balaban J connectivity index is 3.89.